The van der Waals surface area contributed by atoms with Crippen LogP contribution in [0, 0.1) is 0 Å². The van der Waals surface area contributed by atoms with Gasteiger partial charge in [-0.05, 0) is 43.7 Å². The van der Waals surface area contributed by atoms with E-state index in [0.717, 1.165) is 18.7 Å². The van der Waals surface area contributed by atoms with E-state index >= 15 is 0 Å². The van der Waals surface area contributed by atoms with Crippen LogP contribution in [0.2, 0.25) is 5.02 Å². The highest BCUT2D eigenvalue weighted by molar-refractivity contribution is 6.30. The van der Waals surface area contributed by atoms with Crippen LogP contribution in [0.3, 0.4) is 0 Å². The van der Waals surface area contributed by atoms with Crippen molar-refractivity contribution in [2.24, 2.45) is 0 Å². The van der Waals surface area contributed by atoms with Crippen molar-refractivity contribution in [3.63, 3.8) is 0 Å². The lowest BCUT2D eigenvalue weighted by atomic mass is 10.0. The summed E-state index contributed by atoms with van der Waals surface area (Å²) in [6, 6.07) is 15.3. The summed E-state index contributed by atoms with van der Waals surface area (Å²) in [4.78, 5) is 22.2. The number of rotatable bonds is 5. The maximum Gasteiger partial charge on any atom is 0.260 e. The SMILES string of the molecule is CC1(C)CN(C(CNc2nc3ccccc3c(=O)[nH]2)c2ccc(Cl)cc2)CCO1. The van der Waals surface area contributed by atoms with Gasteiger partial charge in [0, 0.05) is 24.7 Å². The fraction of sp³-hybridized carbons (Fsp3) is 0.364. The van der Waals surface area contributed by atoms with Gasteiger partial charge in [-0.25, -0.2) is 4.98 Å². The van der Waals surface area contributed by atoms with Crippen LogP contribution in [0.5, 0.6) is 0 Å². The number of nitrogens with zero attached hydrogens (tertiary/aromatic N) is 2. The second kappa shape index (κ2) is 8.14. The number of fused-ring (bicyclic) bond motifs is 1. The lowest BCUT2D eigenvalue weighted by molar-refractivity contribution is -0.0963. The summed E-state index contributed by atoms with van der Waals surface area (Å²) in [5.41, 5.74) is 1.48. The molecule has 0 amide bonds. The molecule has 0 spiro atoms. The van der Waals surface area contributed by atoms with E-state index in [1.165, 1.54) is 0 Å². The molecule has 0 bridgehead atoms. The number of hydrogen-bond acceptors (Lipinski definition) is 5. The van der Waals surface area contributed by atoms with E-state index in [0.29, 0.717) is 35.0 Å². The standard InChI is InChI=1S/C22H25ClN4O2/c1-22(2)14-27(11-12-29-22)19(15-7-9-16(23)10-8-15)13-24-21-25-18-6-4-3-5-17(18)20(28)26-21/h3-10,19H,11-14H2,1-2H3,(H2,24,25,26,28). The zero-order valence-electron chi connectivity index (χ0n) is 16.6. The van der Waals surface area contributed by atoms with E-state index in [1.54, 1.807) is 6.07 Å². The van der Waals surface area contributed by atoms with Crippen LogP contribution < -0.4 is 10.9 Å². The molecule has 4 rings (SSSR count). The lowest BCUT2D eigenvalue weighted by Gasteiger charge is -2.42. The van der Waals surface area contributed by atoms with E-state index in [1.807, 2.05) is 42.5 Å². The molecule has 1 aromatic heterocycles. The monoisotopic (exact) mass is 412 g/mol. The van der Waals surface area contributed by atoms with Crippen LogP contribution in [0.4, 0.5) is 5.95 Å². The zero-order chi connectivity index (χ0) is 20.4. The third-order valence-electron chi connectivity index (χ3n) is 5.23. The van der Waals surface area contributed by atoms with Crippen LogP contribution >= 0.6 is 11.6 Å². The first-order chi connectivity index (χ1) is 13.9. The molecule has 1 aliphatic heterocycles. The van der Waals surface area contributed by atoms with Gasteiger partial charge in [0.15, 0.2) is 0 Å². The molecular formula is C22H25ClN4O2. The fourth-order valence-electron chi connectivity index (χ4n) is 3.83. The molecule has 1 atom stereocenters. The Kier molecular flexibility index (Phi) is 5.58. The molecule has 1 fully saturated rings. The van der Waals surface area contributed by atoms with Crippen molar-refractivity contribution in [3.8, 4) is 0 Å². The minimum atomic E-state index is -0.210. The Bertz CT molecular complexity index is 1050. The number of nitrogens with one attached hydrogen (secondary N) is 2. The van der Waals surface area contributed by atoms with Crippen LogP contribution in [0.1, 0.15) is 25.5 Å². The van der Waals surface area contributed by atoms with Crippen molar-refractivity contribution >= 4 is 28.5 Å². The second-order valence-electron chi connectivity index (χ2n) is 7.96. The van der Waals surface area contributed by atoms with Gasteiger partial charge < -0.3 is 10.1 Å². The Morgan fingerprint density at radius 3 is 2.76 bits per heavy atom. The number of halogens is 1. The molecule has 1 saturated heterocycles. The Morgan fingerprint density at radius 1 is 1.24 bits per heavy atom. The fourth-order valence-corrected chi connectivity index (χ4v) is 3.95. The summed E-state index contributed by atoms with van der Waals surface area (Å²) in [7, 11) is 0. The summed E-state index contributed by atoms with van der Waals surface area (Å²) in [6.07, 6.45) is 0. The number of anilines is 1. The normalized spacial score (nSPS) is 17.9. The minimum Gasteiger partial charge on any atom is -0.373 e. The van der Waals surface area contributed by atoms with Gasteiger partial charge in [-0.1, -0.05) is 35.9 Å². The third kappa shape index (κ3) is 4.61. The van der Waals surface area contributed by atoms with E-state index in [-0.39, 0.29) is 17.2 Å². The average molecular weight is 413 g/mol. The van der Waals surface area contributed by atoms with Gasteiger partial charge in [0.05, 0.1) is 29.2 Å². The molecule has 1 unspecified atom stereocenters. The molecule has 2 aromatic carbocycles. The molecule has 0 aliphatic carbocycles. The summed E-state index contributed by atoms with van der Waals surface area (Å²) in [5.74, 6) is 0.472. The largest absolute Gasteiger partial charge is 0.373 e. The third-order valence-corrected chi connectivity index (χ3v) is 5.48. The molecule has 6 nitrogen and oxygen atoms in total. The van der Waals surface area contributed by atoms with Gasteiger partial charge >= 0.3 is 0 Å². The number of morpholine rings is 1. The quantitative estimate of drug-likeness (QED) is 0.666. The Labute approximate surface area is 174 Å². The predicted molar refractivity (Wildman–Crippen MR) is 117 cm³/mol. The first-order valence-corrected chi connectivity index (χ1v) is 10.2. The molecule has 29 heavy (non-hydrogen) atoms. The highest BCUT2D eigenvalue weighted by Crippen LogP contribution is 2.28. The molecular weight excluding hydrogens is 388 g/mol. The first-order valence-electron chi connectivity index (χ1n) is 9.78. The molecule has 2 N–H and O–H groups in total. The first kappa shape index (κ1) is 19.9. The smallest absolute Gasteiger partial charge is 0.260 e. The summed E-state index contributed by atoms with van der Waals surface area (Å²) in [6.45, 7) is 7.13. The van der Waals surface area contributed by atoms with Crippen LogP contribution in [-0.4, -0.2) is 46.7 Å². The maximum atomic E-state index is 12.4. The second-order valence-corrected chi connectivity index (χ2v) is 8.39. The molecule has 1 aliphatic rings. The van der Waals surface area contributed by atoms with Gasteiger partial charge in [-0.15, -0.1) is 0 Å². The summed E-state index contributed by atoms with van der Waals surface area (Å²) < 4.78 is 5.88. The maximum absolute atomic E-state index is 12.4. The van der Waals surface area contributed by atoms with E-state index < -0.39 is 0 Å². The summed E-state index contributed by atoms with van der Waals surface area (Å²) in [5, 5.41) is 4.63. The molecule has 0 saturated carbocycles. The number of para-hydroxylation sites is 1. The molecule has 0 radical (unpaired) electrons. The van der Waals surface area contributed by atoms with Crippen molar-refractivity contribution < 1.29 is 4.74 Å². The topological polar surface area (TPSA) is 70.2 Å². The Morgan fingerprint density at radius 2 is 2.00 bits per heavy atom. The van der Waals surface area contributed by atoms with E-state index in [2.05, 4.69) is 34.0 Å². The van der Waals surface area contributed by atoms with Crippen LogP contribution in [0.25, 0.3) is 10.9 Å². The molecule has 2 heterocycles. The number of benzene rings is 2. The average Bonchev–Trinajstić information content (AvgIpc) is 2.69. The summed E-state index contributed by atoms with van der Waals surface area (Å²) >= 11 is 6.09. The Hall–Kier alpha value is -2.41. The molecule has 3 aromatic rings. The van der Waals surface area contributed by atoms with E-state index in [9.17, 15) is 4.79 Å². The zero-order valence-corrected chi connectivity index (χ0v) is 17.4. The van der Waals surface area contributed by atoms with Crippen molar-refractivity contribution in [3.05, 3.63) is 69.5 Å². The van der Waals surface area contributed by atoms with Crippen LogP contribution in [-0.2, 0) is 4.74 Å². The van der Waals surface area contributed by atoms with Gasteiger partial charge in [-0.3, -0.25) is 14.7 Å². The van der Waals surface area contributed by atoms with Gasteiger partial charge in [-0.2, -0.15) is 0 Å². The lowest BCUT2D eigenvalue weighted by Crippen LogP contribution is -2.50. The van der Waals surface area contributed by atoms with Crippen molar-refractivity contribution in [2.45, 2.75) is 25.5 Å². The minimum absolute atomic E-state index is 0.0900. The Balaban J connectivity index is 1.60. The number of ether oxygens (including phenoxy) is 1. The van der Waals surface area contributed by atoms with Crippen molar-refractivity contribution in [1.82, 2.24) is 14.9 Å². The van der Waals surface area contributed by atoms with Crippen molar-refractivity contribution in [2.75, 3.05) is 31.6 Å². The van der Waals surface area contributed by atoms with Crippen LogP contribution in [0.15, 0.2) is 53.3 Å². The number of aromatic nitrogens is 2. The van der Waals surface area contributed by atoms with Gasteiger partial charge in [0.25, 0.3) is 5.56 Å². The van der Waals surface area contributed by atoms with Crippen molar-refractivity contribution in [1.29, 1.82) is 0 Å². The molecule has 152 valence electrons. The van der Waals surface area contributed by atoms with Gasteiger partial charge in [0.2, 0.25) is 5.95 Å². The molecule has 7 heteroatoms. The van der Waals surface area contributed by atoms with E-state index in [4.69, 9.17) is 16.3 Å². The number of aromatic amines is 1. The highest BCUT2D eigenvalue weighted by atomic mass is 35.5. The van der Waals surface area contributed by atoms with Gasteiger partial charge in [0.1, 0.15) is 0 Å². The number of hydrogen-bond donors (Lipinski definition) is 2. The highest BCUT2D eigenvalue weighted by Gasteiger charge is 2.32. The number of H-pyrrole nitrogens is 1. The predicted octanol–water partition coefficient (Wildman–Crippen LogP) is 3.84.